The Morgan fingerprint density at radius 3 is 1.81 bits per heavy atom. The van der Waals surface area contributed by atoms with Gasteiger partial charge in [0.25, 0.3) is 0 Å². The van der Waals surface area contributed by atoms with Gasteiger partial charge in [0, 0.05) is 12.8 Å². The lowest BCUT2D eigenvalue weighted by Gasteiger charge is -2.18. The zero-order valence-corrected chi connectivity index (χ0v) is 23.4. The lowest BCUT2D eigenvalue weighted by molar-refractivity contribution is -0.147. The van der Waals surface area contributed by atoms with Crippen LogP contribution in [0.5, 0.6) is 0 Å². The van der Waals surface area contributed by atoms with E-state index in [1.54, 1.807) is 0 Å². The Balaban J connectivity index is 4.13. The molecule has 0 rings (SSSR count). The van der Waals surface area contributed by atoms with Crippen molar-refractivity contribution in [2.45, 2.75) is 122 Å². The van der Waals surface area contributed by atoms with Crippen LogP contribution in [0, 0.1) is 0 Å². The minimum absolute atomic E-state index is 0.150. The second kappa shape index (κ2) is 22.5. The minimum atomic E-state index is -4.71. The van der Waals surface area contributed by atoms with Crippen molar-refractivity contribution in [3.8, 4) is 0 Å². The number of ether oxygens (including phenoxy) is 1. The molecule has 0 radical (unpaired) electrons. The van der Waals surface area contributed by atoms with Gasteiger partial charge >= 0.3 is 19.8 Å². The maximum absolute atomic E-state index is 12.1. The zero-order valence-electron chi connectivity index (χ0n) is 22.5. The number of phosphoric acid groups is 1. The van der Waals surface area contributed by atoms with Gasteiger partial charge in [-0.3, -0.25) is 18.6 Å². The number of carboxylic acid groups (broad SMARTS) is 1. The average molecular weight is 554 g/mol. The van der Waals surface area contributed by atoms with E-state index < -0.39 is 57.6 Å². The molecule has 0 aromatic rings. The molecule has 11 nitrogen and oxygen atoms in total. The summed E-state index contributed by atoms with van der Waals surface area (Å²) < 4.78 is 26.2. The van der Waals surface area contributed by atoms with Gasteiger partial charge < -0.3 is 25.2 Å². The summed E-state index contributed by atoms with van der Waals surface area (Å²) in [6, 6.07) is -1.53. The second-order valence-corrected chi connectivity index (χ2v) is 10.7. The number of rotatable bonds is 25. The SMILES string of the molecule is CCCCCCCCCCCCC(=O)NC(COP(=O)(O)OCC(O)COC(=O)CCCCC)C(=O)O. The normalized spacial score (nSPS) is 14.5. The van der Waals surface area contributed by atoms with Crippen molar-refractivity contribution in [1.82, 2.24) is 5.32 Å². The Hall–Kier alpha value is -1.52. The first-order chi connectivity index (χ1) is 17.6. The van der Waals surface area contributed by atoms with E-state index in [-0.39, 0.29) is 12.8 Å². The smallest absolute Gasteiger partial charge is 0.472 e. The molecule has 4 N–H and O–H groups in total. The zero-order chi connectivity index (χ0) is 27.9. The van der Waals surface area contributed by atoms with E-state index in [1.165, 1.54) is 38.5 Å². The second-order valence-electron chi connectivity index (χ2n) is 9.24. The number of carbonyl (C=O) groups excluding carboxylic acids is 2. The molecule has 3 unspecified atom stereocenters. The van der Waals surface area contributed by atoms with E-state index in [2.05, 4.69) is 21.3 Å². The summed E-state index contributed by atoms with van der Waals surface area (Å²) in [7, 11) is -4.71. The molecule has 0 spiro atoms. The highest BCUT2D eigenvalue weighted by molar-refractivity contribution is 7.47. The number of carbonyl (C=O) groups is 3. The van der Waals surface area contributed by atoms with E-state index in [0.29, 0.717) is 12.8 Å². The fourth-order valence-corrected chi connectivity index (χ4v) is 4.20. The van der Waals surface area contributed by atoms with Crippen LogP contribution in [-0.4, -0.2) is 64.9 Å². The molecule has 3 atom stereocenters. The van der Waals surface area contributed by atoms with Crippen molar-refractivity contribution in [3.05, 3.63) is 0 Å². The summed E-state index contributed by atoms with van der Waals surface area (Å²) >= 11 is 0. The number of phosphoric ester groups is 1. The molecule has 0 heterocycles. The predicted octanol–water partition coefficient (Wildman–Crippen LogP) is 4.48. The first kappa shape index (κ1) is 35.5. The number of aliphatic carboxylic acids is 1. The highest BCUT2D eigenvalue weighted by atomic mass is 31.2. The van der Waals surface area contributed by atoms with Crippen LogP contribution in [0.25, 0.3) is 0 Å². The third-order valence-corrected chi connectivity index (χ3v) is 6.60. The van der Waals surface area contributed by atoms with Crippen LogP contribution in [0.4, 0.5) is 0 Å². The van der Waals surface area contributed by atoms with E-state index in [0.717, 1.165) is 32.1 Å². The topological polar surface area (TPSA) is 169 Å². The third-order valence-electron chi connectivity index (χ3n) is 5.65. The maximum atomic E-state index is 12.1. The lowest BCUT2D eigenvalue weighted by Crippen LogP contribution is -2.43. The molecule has 1 amide bonds. The molecule has 0 saturated heterocycles. The van der Waals surface area contributed by atoms with Crippen molar-refractivity contribution < 1.29 is 47.8 Å². The monoisotopic (exact) mass is 553 g/mol. The molecular weight excluding hydrogens is 505 g/mol. The van der Waals surface area contributed by atoms with E-state index >= 15 is 0 Å². The summed E-state index contributed by atoms with van der Waals surface area (Å²) in [6.45, 7) is 2.30. The van der Waals surface area contributed by atoms with Crippen molar-refractivity contribution in [2.24, 2.45) is 0 Å². The van der Waals surface area contributed by atoms with Gasteiger partial charge in [-0.1, -0.05) is 84.5 Å². The molecule has 12 heteroatoms. The van der Waals surface area contributed by atoms with E-state index in [1.807, 2.05) is 6.92 Å². The Morgan fingerprint density at radius 1 is 0.757 bits per heavy atom. The molecular formula is C25H48NO10P. The van der Waals surface area contributed by atoms with Gasteiger partial charge in [0.1, 0.15) is 12.7 Å². The minimum Gasteiger partial charge on any atom is -0.480 e. The number of unbranched alkanes of at least 4 members (excludes halogenated alkanes) is 11. The summed E-state index contributed by atoms with van der Waals surface area (Å²) in [4.78, 5) is 44.7. The number of aliphatic hydroxyl groups is 1. The first-order valence-electron chi connectivity index (χ1n) is 13.6. The van der Waals surface area contributed by atoms with Crippen LogP contribution in [0.1, 0.15) is 110 Å². The number of nitrogens with one attached hydrogen (secondary N) is 1. The average Bonchev–Trinajstić information content (AvgIpc) is 2.85. The molecule has 0 aliphatic heterocycles. The Bertz CT molecular complexity index is 676. The van der Waals surface area contributed by atoms with Crippen LogP contribution in [0.15, 0.2) is 0 Å². The van der Waals surface area contributed by atoms with Crippen molar-refractivity contribution >= 4 is 25.7 Å². The molecule has 0 aromatic carbocycles. The first-order valence-corrected chi connectivity index (χ1v) is 15.1. The van der Waals surface area contributed by atoms with Crippen LogP contribution in [-0.2, 0) is 32.7 Å². The van der Waals surface area contributed by atoms with Crippen LogP contribution < -0.4 is 5.32 Å². The summed E-state index contributed by atoms with van der Waals surface area (Å²) in [5.74, 6) is -2.40. The Kier molecular flexibility index (Phi) is 21.5. The van der Waals surface area contributed by atoms with Gasteiger partial charge in [-0.05, 0) is 12.8 Å². The highest BCUT2D eigenvalue weighted by Gasteiger charge is 2.28. The number of hydrogen-bond donors (Lipinski definition) is 4. The summed E-state index contributed by atoms with van der Waals surface area (Å²) in [5.41, 5.74) is 0. The molecule has 0 fully saturated rings. The standard InChI is InChI=1S/C25H48NO10P/c1-3-5-7-8-9-10-11-12-13-15-16-23(28)26-22(25(30)31)20-36-37(32,33)35-19-21(27)18-34-24(29)17-14-6-4-2/h21-22,27H,3-20H2,1-2H3,(H,26,28)(H,30,31)(H,32,33). The molecule has 0 saturated carbocycles. The van der Waals surface area contributed by atoms with Crippen molar-refractivity contribution in [1.29, 1.82) is 0 Å². The molecule has 0 aromatic heterocycles. The van der Waals surface area contributed by atoms with Gasteiger partial charge in [0.2, 0.25) is 5.91 Å². The quantitative estimate of drug-likeness (QED) is 0.0718. The van der Waals surface area contributed by atoms with Gasteiger partial charge in [0.05, 0.1) is 13.2 Å². The Labute approximate surface area is 221 Å². The number of aliphatic hydroxyl groups excluding tert-OH is 1. The van der Waals surface area contributed by atoms with Crippen molar-refractivity contribution in [2.75, 3.05) is 19.8 Å². The molecule has 218 valence electrons. The van der Waals surface area contributed by atoms with Gasteiger partial charge in [-0.15, -0.1) is 0 Å². The van der Waals surface area contributed by atoms with Crippen LogP contribution >= 0.6 is 7.82 Å². The third kappa shape index (κ3) is 22.2. The summed E-state index contributed by atoms with van der Waals surface area (Å²) in [5, 5.41) is 21.3. The van der Waals surface area contributed by atoms with Crippen LogP contribution in [0.3, 0.4) is 0 Å². The van der Waals surface area contributed by atoms with E-state index in [9.17, 15) is 34.1 Å². The number of carboxylic acids is 1. The fourth-order valence-electron chi connectivity index (χ4n) is 3.43. The lowest BCUT2D eigenvalue weighted by atomic mass is 10.1. The molecule has 0 bridgehead atoms. The maximum Gasteiger partial charge on any atom is 0.472 e. The van der Waals surface area contributed by atoms with Crippen molar-refractivity contribution in [3.63, 3.8) is 0 Å². The number of amides is 1. The predicted molar refractivity (Wildman–Crippen MR) is 139 cm³/mol. The van der Waals surface area contributed by atoms with Crippen LogP contribution in [0.2, 0.25) is 0 Å². The number of hydrogen-bond acceptors (Lipinski definition) is 8. The highest BCUT2D eigenvalue weighted by Crippen LogP contribution is 2.43. The molecule has 0 aliphatic rings. The number of esters is 1. The molecule has 37 heavy (non-hydrogen) atoms. The van der Waals surface area contributed by atoms with Gasteiger partial charge in [0.15, 0.2) is 6.04 Å². The van der Waals surface area contributed by atoms with E-state index in [4.69, 9.17) is 4.74 Å². The largest absolute Gasteiger partial charge is 0.480 e. The fraction of sp³-hybridized carbons (Fsp3) is 0.880. The van der Waals surface area contributed by atoms with Gasteiger partial charge in [-0.2, -0.15) is 0 Å². The summed E-state index contributed by atoms with van der Waals surface area (Å²) in [6.07, 6.45) is 12.6. The van der Waals surface area contributed by atoms with Gasteiger partial charge in [-0.25, -0.2) is 9.36 Å². The molecule has 0 aliphatic carbocycles. The Morgan fingerprint density at radius 2 is 1.24 bits per heavy atom.